The molecule has 0 aliphatic carbocycles. The molecule has 0 amide bonds. The Hall–Kier alpha value is -0.420. The normalized spacial score (nSPS) is 25.6. The third kappa shape index (κ3) is 3.12. The molecule has 2 heterocycles. The zero-order valence-corrected chi connectivity index (χ0v) is 11.9. The molecular weight excluding hydrogens is 244 g/mol. The Morgan fingerprint density at radius 2 is 2.33 bits per heavy atom. The van der Waals surface area contributed by atoms with Gasteiger partial charge in [-0.15, -0.1) is 0 Å². The Kier molecular flexibility index (Phi) is 5.18. The van der Waals surface area contributed by atoms with Crippen LogP contribution in [-0.4, -0.2) is 35.2 Å². The largest absolute Gasteiger partial charge is 0.395 e. The van der Waals surface area contributed by atoms with E-state index in [1.807, 2.05) is 0 Å². The molecule has 0 aromatic carbocycles. The smallest absolute Gasteiger partial charge is 0.0587 e. The van der Waals surface area contributed by atoms with Crippen molar-refractivity contribution in [2.75, 3.05) is 13.2 Å². The summed E-state index contributed by atoms with van der Waals surface area (Å²) in [7, 11) is 0. The number of likely N-dealkylation sites (tertiary alicyclic amines) is 1. The molecule has 3 atom stereocenters. The van der Waals surface area contributed by atoms with Crippen molar-refractivity contribution in [3.63, 3.8) is 0 Å². The van der Waals surface area contributed by atoms with Gasteiger partial charge >= 0.3 is 0 Å². The molecule has 0 radical (unpaired) electrons. The van der Waals surface area contributed by atoms with Crippen LogP contribution < -0.4 is 5.73 Å². The summed E-state index contributed by atoms with van der Waals surface area (Å²) in [6.45, 7) is 3.36. The van der Waals surface area contributed by atoms with E-state index in [0.717, 1.165) is 13.0 Å². The number of thiophene rings is 1. The molecule has 18 heavy (non-hydrogen) atoms. The van der Waals surface area contributed by atoms with Gasteiger partial charge in [0.05, 0.1) is 12.6 Å². The number of hydrogen-bond acceptors (Lipinski definition) is 4. The van der Waals surface area contributed by atoms with Gasteiger partial charge in [0.2, 0.25) is 0 Å². The van der Waals surface area contributed by atoms with Gasteiger partial charge in [-0.3, -0.25) is 4.90 Å². The van der Waals surface area contributed by atoms with Crippen molar-refractivity contribution < 1.29 is 5.11 Å². The molecule has 0 spiro atoms. The van der Waals surface area contributed by atoms with Gasteiger partial charge in [-0.25, -0.2) is 0 Å². The van der Waals surface area contributed by atoms with Crippen LogP contribution in [-0.2, 0) is 0 Å². The van der Waals surface area contributed by atoms with Crippen molar-refractivity contribution in [1.29, 1.82) is 0 Å². The lowest BCUT2D eigenvalue weighted by atomic mass is 9.99. The molecule has 1 aliphatic heterocycles. The zero-order valence-electron chi connectivity index (χ0n) is 11.1. The SMILES string of the molecule is CC(N)C(c1ccsc1)N1CCCCCC1CO. The van der Waals surface area contributed by atoms with Crippen molar-refractivity contribution in [1.82, 2.24) is 4.90 Å². The van der Waals surface area contributed by atoms with Gasteiger partial charge in [-0.05, 0) is 48.7 Å². The molecule has 4 heteroatoms. The Labute approximate surface area is 114 Å². The number of nitrogens with zero attached hydrogens (tertiary/aromatic N) is 1. The van der Waals surface area contributed by atoms with Crippen LogP contribution in [0.5, 0.6) is 0 Å². The maximum atomic E-state index is 9.63. The van der Waals surface area contributed by atoms with Crippen molar-refractivity contribution >= 4 is 11.3 Å². The van der Waals surface area contributed by atoms with Crippen LogP contribution in [0.3, 0.4) is 0 Å². The van der Waals surface area contributed by atoms with Gasteiger partial charge in [0, 0.05) is 12.1 Å². The molecule has 1 aromatic heterocycles. The van der Waals surface area contributed by atoms with E-state index in [-0.39, 0.29) is 24.7 Å². The molecule has 0 saturated carbocycles. The predicted molar refractivity (Wildman–Crippen MR) is 76.8 cm³/mol. The molecule has 3 unspecified atom stereocenters. The first-order chi connectivity index (χ1) is 8.74. The highest BCUT2D eigenvalue weighted by molar-refractivity contribution is 7.07. The molecule has 1 aromatic rings. The summed E-state index contributed by atoms with van der Waals surface area (Å²) in [5.41, 5.74) is 7.51. The minimum absolute atomic E-state index is 0.0896. The molecule has 1 fully saturated rings. The highest BCUT2D eigenvalue weighted by Gasteiger charge is 2.30. The highest BCUT2D eigenvalue weighted by Crippen LogP contribution is 2.31. The van der Waals surface area contributed by atoms with E-state index in [4.69, 9.17) is 5.73 Å². The zero-order chi connectivity index (χ0) is 13.0. The standard InChI is InChI=1S/C14H24N2OS/c1-11(15)14(12-6-8-18-10-12)16-7-4-2-3-5-13(16)9-17/h6,8,10-11,13-14,17H,2-5,7,9,15H2,1H3. The maximum Gasteiger partial charge on any atom is 0.0587 e. The van der Waals surface area contributed by atoms with Gasteiger partial charge in [-0.1, -0.05) is 12.8 Å². The quantitative estimate of drug-likeness (QED) is 0.881. The van der Waals surface area contributed by atoms with E-state index in [2.05, 4.69) is 28.7 Å². The van der Waals surface area contributed by atoms with Crippen LogP contribution in [0.2, 0.25) is 0 Å². The van der Waals surface area contributed by atoms with E-state index in [1.54, 1.807) is 11.3 Å². The lowest BCUT2D eigenvalue weighted by Gasteiger charge is -2.38. The van der Waals surface area contributed by atoms with Crippen LogP contribution in [0.1, 0.15) is 44.2 Å². The van der Waals surface area contributed by atoms with Gasteiger partial charge in [0.25, 0.3) is 0 Å². The topological polar surface area (TPSA) is 49.5 Å². The van der Waals surface area contributed by atoms with Gasteiger partial charge in [-0.2, -0.15) is 11.3 Å². The van der Waals surface area contributed by atoms with Crippen LogP contribution in [0.15, 0.2) is 16.8 Å². The fraction of sp³-hybridized carbons (Fsp3) is 0.714. The molecule has 0 bridgehead atoms. The van der Waals surface area contributed by atoms with Crippen molar-refractivity contribution in [2.45, 2.75) is 50.7 Å². The Bertz CT molecular complexity index is 340. The first-order valence-corrected chi connectivity index (χ1v) is 7.82. The summed E-state index contributed by atoms with van der Waals surface area (Å²) >= 11 is 1.72. The minimum Gasteiger partial charge on any atom is -0.395 e. The molecule has 3 nitrogen and oxygen atoms in total. The van der Waals surface area contributed by atoms with Crippen molar-refractivity contribution in [3.8, 4) is 0 Å². The monoisotopic (exact) mass is 268 g/mol. The Morgan fingerprint density at radius 1 is 1.50 bits per heavy atom. The van der Waals surface area contributed by atoms with Crippen LogP contribution in [0, 0.1) is 0 Å². The van der Waals surface area contributed by atoms with E-state index < -0.39 is 0 Å². The summed E-state index contributed by atoms with van der Waals surface area (Å²) in [6, 6.07) is 2.76. The Balaban J connectivity index is 2.22. The summed E-state index contributed by atoms with van der Waals surface area (Å²) in [5.74, 6) is 0. The summed E-state index contributed by atoms with van der Waals surface area (Å²) < 4.78 is 0. The second kappa shape index (κ2) is 6.66. The summed E-state index contributed by atoms with van der Waals surface area (Å²) in [6.07, 6.45) is 4.78. The molecule has 2 rings (SSSR count). The van der Waals surface area contributed by atoms with Crippen LogP contribution in [0.4, 0.5) is 0 Å². The molecule has 102 valence electrons. The number of hydrogen-bond donors (Lipinski definition) is 2. The first kappa shape index (κ1) is 14.0. The lowest BCUT2D eigenvalue weighted by Crippen LogP contribution is -2.46. The fourth-order valence-corrected chi connectivity index (χ4v) is 3.69. The summed E-state index contributed by atoms with van der Waals surface area (Å²) in [4.78, 5) is 2.43. The molecule has 3 N–H and O–H groups in total. The van der Waals surface area contributed by atoms with E-state index in [1.165, 1.54) is 24.8 Å². The average Bonchev–Trinajstić information content (AvgIpc) is 2.75. The fourth-order valence-electron chi connectivity index (χ4n) is 3.00. The number of nitrogens with two attached hydrogens (primary N) is 1. The van der Waals surface area contributed by atoms with E-state index in [9.17, 15) is 5.11 Å². The molecule has 1 saturated heterocycles. The van der Waals surface area contributed by atoms with E-state index >= 15 is 0 Å². The van der Waals surface area contributed by atoms with Gasteiger partial charge in [0.1, 0.15) is 0 Å². The van der Waals surface area contributed by atoms with Crippen molar-refractivity contribution in [3.05, 3.63) is 22.4 Å². The molecule has 1 aliphatic rings. The second-order valence-corrected chi connectivity index (χ2v) is 6.06. The Morgan fingerprint density at radius 3 is 2.94 bits per heavy atom. The van der Waals surface area contributed by atoms with Gasteiger partial charge in [0.15, 0.2) is 0 Å². The average molecular weight is 268 g/mol. The van der Waals surface area contributed by atoms with Crippen LogP contribution >= 0.6 is 11.3 Å². The maximum absolute atomic E-state index is 9.63. The van der Waals surface area contributed by atoms with Gasteiger partial charge < -0.3 is 10.8 Å². The number of aliphatic hydroxyl groups excluding tert-OH is 1. The molecular formula is C14H24N2OS. The second-order valence-electron chi connectivity index (χ2n) is 5.28. The van der Waals surface area contributed by atoms with Crippen molar-refractivity contribution in [2.24, 2.45) is 5.73 Å². The first-order valence-electron chi connectivity index (χ1n) is 6.88. The highest BCUT2D eigenvalue weighted by atomic mass is 32.1. The van der Waals surface area contributed by atoms with Crippen LogP contribution in [0.25, 0.3) is 0 Å². The summed E-state index contributed by atoms with van der Waals surface area (Å²) in [5, 5.41) is 13.9. The third-order valence-electron chi connectivity index (χ3n) is 3.87. The minimum atomic E-state index is 0.0896. The third-order valence-corrected chi connectivity index (χ3v) is 4.57. The number of rotatable bonds is 4. The lowest BCUT2D eigenvalue weighted by molar-refractivity contribution is 0.0749. The number of aliphatic hydroxyl groups is 1. The predicted octanol–water partition coefficient (Wildman–Crippen LogP) is 2.37. The van der Waals surface area contributed by atoms with E-state index in [0.29, 0.717) is 0 Å².